The van der Waals surface area contributed by atoms with E-state index in [1.165, 1.54) is 27.8 Å². The van der Waals surface area contributed by atoms with Gasteiger partial charge in [-0.05, 0) is 98.3 Å². The van der Waals surface area contributed by atoms with E-state index in [1.54, 1.807) is 0 Å². The second-order valence-corrected chi connectivity index (χ2v) is 16.5. The van der Waals surface area contributed by atoms with E-state index in [4.69, 9.17) is 9.40 Å². The second-order valence-electron chi connectivity index (χ2n) is 16.5. The third kappa shape index (κ3) is 6.00. The van der Waals surface area contributed by atoms with Gasteiger partial charge in [0, 0.05) is 27.6 Å². The first kappa shape index (κ1) is 33.6. The molecule has 0 saturated carbocycles. The summed E-state index contributed by atoms with van der Waals surface area (Å²) in [6.45, 7) is 13.6. The van der Waals surface area contributed by atoms with Gasteiger partial charge in [0.05, 0.1) is 11.0 Å². The van der Waals surface area contributed by atoms with Gasteiger partial charge in [0.25, 0.3) is 0 Å². The van der Waals surface area contributed by atoms with Crippen LogP contribution in [0, 0.1) is 0 Å². The second kappa shape index (κ2) is 12.7. The Morgan fingerprint density at radius 3 is 1.65 bits per heavy atom. The minimum absolute atomic E-state index is 0.0821. The van der Waals surface area contributed by atoms with Crippen molar-refractivity contribution in [3.05, 3.63) is 169 Å². The van der Waals surface area contributed by atoms with Crippen LogP contribution >= 0.6 is 0 Å². The number of aromatic nitrogens is 2. The lowest BCUT2D eigenvalue weighted by Gasteiger charge is -2.19. The Labute approximate surface area is 317 Å². The molecule has 0 unspecified atom stereocenters. The molecular formula is C51H44N2O. The Bertz CT molecular complexity index is 2790. The quantitative estimate of drug-likeness (QED) is 0.179. The summed E-state index contributed by atoms with van der Waals surface area (Å²) in [4.78, 5) is 5.11. The van der Waals surface area contributed by atoms with Gasteiger partial charge >= 0.3 is 0 Å². The number of imidazole rings is 1. The summed E-state index contributed by atoms with van der Waals surface area (Å²) in [7, 11) is 0. The van der Waals surface area contributed by atoms with E-state index in [1.807, 2.05) is 12.1 Å². The molecule has 3 nitrogen and oxygen atoms in total. The van der Waals surface area contributed by atoms with Crippen LogP contribution in [0.2, 0.25) is 0 Å². The number of para-hydroxylation sites is 3. The van der Waals surface area contributed by atoms with Crippen molar-refractivity contribution in [3.8, 4) is 50.5 Å². The van der Waals surface area contributed by atoms with Crippen LogP contribution in [0.25, 0.3) is 83.4 Å². The smallest absolute Gasteiger partial charge is 0.145 e. The maximum absolute atomic E-state index is 6.76. The lowest BCUT2D eigenvalue weighted by Crippen LogP contribution is -2.10. The molecule has 0 saturated heterocycles. The van der Waals surface area contributed by atoms with E-state index in [2.05, 4.69) is 192 Å². The topological polar surface area (TPSA) is 31.0 Å². The number of nitrogens with zero attached hydrogens (tertiary/aromatic N) is 2. The molecule has 0 aliphatic rings. The molecule has 9 rings (SSSR count). The molecule has 0 spiro atoms. The van der Waals surface area contributed by atoms with Gasteiger partial charge in [0.15, 0.2) is 0 Å². The van der Waals surface area contributed by atoms with Gasteiger partial charge in [-0.1, -0.05) is 151 Å². The van der Waals surface area contributed by atoms with Crippen molar-refractivity contribution in [1.82, 2.24) is 9.55 Å². The summed E-state index contributed by atoms with van der Waals surface area (Å²) >= 11 is 0. The van der Waals surface area contributed by atoms with Crippen LogP contribution < -0.4 is 0 Å². The van der Waals surface area contributed by atoms with Crippen molar-refractivity contribution in [2.75, 3.05) is 0 Å². The highest BCUT2D eigenvalue weighted by atomic mass is 16.3. The zero-order valence-electron chi connectivity index (χ0n) is 31.8. The molecule has 9 aromatic rings. The first-order valence-corrected chi connectivity index (χ1v) is 18.9. The predicted octanol–water partition coefficient (Wildman–Crippen LogP) is 14.2. The van der Waals surface area contributed by atoms with Gasteiger partial charge in [-0.25, -0.2) is 4.98 Å². The summed E-state index contributed by atoms with van der Waals surface area (Å²) in [5, 5.41) is 2.23. The Balaban J connectivity index is 1.20. The highest BCUT2D eigenvalue weighted by Gasteiger charge is 2.20. The molecular weight excluding hydrogens is 657 g/mol. The fraction of sp³-hybridized carbons (Fsp3) is 0.157. The Morgan fingerprint density at radius 1 is 0.463 bits per heavy atom. The number of rotatable bonds is 5. The van der Waals surface area contributed by atoms with E-state index in [9.17, 15) is 0 Å². The van der Waals surface area contributed by atoms with Crippen LogP contribution in [0.15, 0.2) is 162 Å². The van der Waals surface area contributed by atoms with Crippen LogP contribution in [0.3, 0.4) is 0 Å². The first-order valence-electron chi connectivity index (χ1n) is 18.9. The van der Waals surface area contributed by atoms with E-state index in [-0.39, 0.29) is 10.8 Å². The van der Waals surface area contributed by atoms with Gasteiger partial charge in [-0.2, -0.15) is 0 Å². The van der Waals surface area contributed by atoms with Crippen molar-refractivity contribution in [3.63, 3.8) is 0 Å². The highest BCUT2D eigenvalue weighted by molar-refractivity contribution is 6.12. The van der Waals surface area contributed by atoms with Crippen molar-refractivity contribution in [1.29, 1.82) is 0 Å². The monoisotopic (exact) mass is 700 g/mol. The van der Waals surface area contributed by atoms with E-state index >= 15 is 0 Å². The van der Waals surface area contributed by atoms with Crippen LogP contribution in [0.1, 0.15) is 52.7 Å². The molecule has 0 N–H and O–H groups in total. The minimum Gasteiger partial charge on any atom is -0.455 e. The zero-order chi connectivity index (χ0) is 37.2. The van der Waals surface area contributed by atoms with Gasteiger partial charge in [-0.15, -0.1) is 0 Å². The van der Waals surface area contributed by atoms with Crippen molar-refractivity contribution < 1.29 is 4.42 Å². The Hall–Kier alpha value is -6.19. The predicted molar refractivity (Wildman–Crippen MR) is 227 cm³/mol. The number of fused-ring (bicyclic) bond motifs is 4. The molecule has 0 aliphatic heterocycles. The molecule has 0 radical (unpaired) electrons. The SMILES string of the molecule is CC(C)(C)c1ccc(-c2ccc3oc4c(-c5ccc(-c6nc7ccccc7n6-c6ccccc6)cc5)cc(-c5ccc(C(C)(C)C)cc5)cc4c3c2)cc1. The van der Waals surface area contributed by atoms with Crippen LogP contribution in [-0.2, 0) is 10.8 Å². The standard InChI is InChI=1S/C51H44N2O/c1-50(2,3)39-25-20-33(21-26-39)37-24-29-47-43(30-37)44-32-38(34-22-27-40(28-23-34)51(4,5)6)31-42(48(44)54-47)35-16-18-36(19-17-35)49-52-45-14-10-11-15-46(45)53(49)41-12-8-7-9-13-41/h7-32H,1-6H3. The van der Waals surface area contributed by atoms with Gasteiger partial charge in [0.1, 0.15) is 17.0 Å². The largest absolute Gasteiger partial charge is 0.455 e. The number of benzene rings is 7. The first-order chi connectivity index (χ1) is 26.0. The lowest BCUT2D eigenvalue weighted by atomic mass is 9.86. The Kier molecular flexibility index (Phi) is 7.94. The van der Waals surface area contributed by atoms with E-state index < -0.39 is 0 Å². The molecule has 0 amide bonds. The molecule has 7 aromatic carbocycles. The highest BCUT2D eigenvalue weighted by Crippen LogP contribution is 2.42. The summed E-state index contributed by atoms with van der Waals surface area (Å²) in [5.41, 5.74) is 15.7. The van der Waals surface area contributed by atoms with Gasteiger partial charge < -0.3 is 4.42 Å². The third-order valence-corrected chi connectivity index (χ3v) is 10.8. The summed E-state index contributed by atoms with van der Waals surface area (Å²) in [6, 6.07) is 56.8. The lowest BCUT2D eigenvalue weighted by molar-refractivity contribution is 0.590. The summed E-state index contributed by atoms with van der Waals surface area (Å²) < 4.78 is 9.01. The van der Waals surface area contributed by atoms with Gasteiger partial charge in [-0.3, -0.25) is 4.57 Å². The van der Waals surface area contributed by atoms with Crippen LogP contribution in [-0.4, -0.2) is 9.55 Å². The maximum atomic E-state index is 6.76. The molecule has 3 heteroatoms. The van der Waals surface area contributed by atoms with Crippen molar-refractivity contribution >= 4 is 33.0 Å². The van der Waals surface area contributed by atoms with Crippen molar-refractivity contribution in [2.45, 2.75) is 52.4 Å². The zero-order valence-corrected chi connectivity index (χ0v) is 31.8. The molecule has 54 heavy (non-hydrogen) atoms. The molecule has 0 aliphatic carbocycles. The third-order valence-electron chi connectivity index (χ3n) is 10.8. The molecule has 0 fully saturated rings. The van der Waals surface area contributed by atoms with E-state index in [0.717, 1.165) is 66.7 Å². The molecule has 2 heterocycles. The average Bonchev–Trinajstić information content (AvgIpc) is 3.76. The molecule has 2 aromatic heterocycles. The normalized spacial score (nSPS) is 12.3. The maximum Gasteiger partial charge on any atom is 0.145 e. The van der Waals surface area contributed by atoms with E-state index in [0.29, 0.717) is 0 Å². The fourth-order valence-electron chi connectivity index (χ4n) is 7.62. The van der Waals surface area contributed by atoms with Gasteiger partial charge in [0.2, 0.25) is 0 Å². The molecule has 0 atom stereocenters. The number of hydrogen-bond acceptors (Lipinski definition) is 2. The average molecular weight is 701 g/mol. The number of furan rings is 1. The minimum atomic E-state index is 0.0821. The molecule has 0 bridgehead atoms. The summed E-state index contributed by atoms with van der Waals surface area (Å²) in [5.74, 6) is 0.915. The van der Waals surface area contributed by atoms with Crippen LogP contribution in [0.4, 0.5) is 0 Å². The summed E-state index contributed by atoms with van der Waals surface area (Å²) in [6.07, 6.45) is 0. The molecule has 264 valence electrons. The fourth-order valence-corrected chi connectivity index (χ4v) is 7.62. The Morgan fingerprint density at radius 2 is 1.00 bits per heavy atom. The van der Waals surface area contributed by atoms with Crippen LogP contribution in [0.5, 0.6) is 0 Å². The number of hydrogen-bond donors (Lipinski definition) is 0. The van der Waals surface area contributed by atoms with Crippen molar-refractivity contribution in [2.24, 2.45) is 0 Å².